The van der Waals surface area contributed by atoms with Crippen LogP contribution in [0.2, 0.25) is 0 Å². The van der Waals surface area contributed by atoms with Crippen LogP contribution in [0.5, 0.6) is 11.5 Å². The number of anilines is 1. The number of hydrazine groups is 1. The lowest BCUT2D eigenvalue weighted by atomic mass is 10.1. The van der Waals surface area contributed by atoms with Crippen molar-refractivity contribution in [2.45, 2.75) is 19.6 Å². The summed E-state index contributed by atoms with van der Waals surface area (Å²) < 4.78 is 44.5. The van der Waals surface area contributed by atoms with Gasteiger partial charge in [0.2, 0.25) is 5.96 Å². The summed E-state index contributed by atoms with van der Waals surface area (Å²) in [5.74, 6) is 6.92. The van der Waals surface area contributed by atoms with E-state index in [0.717, 1.165) is 23.3 Å². The largest absolute Gasteiger partial charge is 0.457 e. The molecule has 0 aliphatic rings. The number of hydrogen-bond donors (Lipinski definition) is 3. The van der Waals surface area contributed by atoms with Crippen LogP contribution in [-0.4, -0.2) is 10.9 Å². The van der Waals surface area contributed by atoms with Crippen LogP contribution in [-0.2, 0) is 12.7 Å². The Labute approximate surface area is 171 Å². The van der Waals surface area contributed by atoms with Crippen LogP contribution in [0.3, 0.4) is 0 Å². The van der Waals surface area contributed by atoms with Crippen molar-refractivity contribution in [1.82, 2.24) is 10.4 Å². The summed E-state index contributed by atoms with van der Waals surface area (Å²) in [6.07, 6.45) is -1.16. The molecule has 4 N–H and O–H groups in total. The SMILES string of the molecule is Cc1ccc(CN=C(NN)Nc2cccc(C(F)(F)F)c2)cc1Oc1ccncc1. The quantitative estimate of drug-likeness (QED) is 0.245. The molecule has 0 aliphatic carbocycles. The second-order valence-corrected chi connectivity index (χ2v) is 6.40. The lowest BCUT2D eigenvalue weighted by Gasteiger charge is -2.13. The number of aromatic nitrogens is 1. The molecule has 156 valence electrons. The second kappa shape index (κ2) is 9.27. The van der Waals surface area contributed by atoms with Crippen molar-refractivity contribution in [3.8, 4) is 11.5 Å². The molecule has 0 bridgehead atoms. The maximum Gasteiger partial charge on any atom is 0.416 e. The summed E-state index contributed by atoms with van der Waals surface area (Å²) in [6, 6.07) is 13.9. The highest BCUT2D eigenvalue weighted by atomic mass is 19.4. The standard InChI is InChI=1S/C21H20F3N5O/c1-14-5-6-15(11-19(14)30-18-7-9-26-10-8-18)13-27-20(29-25)28-17-4-2-3-16(12-17)21(22,23)24/h2-12H,13,25H2,1H3,(H2,27,28,29). The molecule has 6 nitrogen and oxygen atoms in total. The Kier molecular flexibility index (Phi) is 6.53. The molecule has 0 atom stereocenters. The van der Waals surface area contributed by atoms with E-state index in [1.165, 1.54) is 12.1 Å². The summed E-state index contributed by atoms with van der Waals surface area (Å²) in [6.45, 7) is 2.16. The van der Waals surface area contributed by atoms with Gasteiger partial charge in [-0.1, -0.05) is 18.2 Å². The number of aryl methyl sites for hydroxylation is 1. The normalized spacial score (nSPS) is 11.8. The van der Waals surface area contributed by atoms with Crippen LogP contribution >= 0.6 is 0 Å². The number of halogens is 3. The van der Waals surface area contributed by atoms with Crippen LogP contribution in [0, 0.1) is 6.92 Å². The maximum absolute atomic E-state index is 12.9. The van der Waals surface area contributed by atoms with Gasteiger partial charge < -0.3 is 10.1 Å². The molecule has 0 saturated heterocycles. The molecule has 1 aromatic heterocycles. The van der Waals surface area contributed by atoms with E-state index >= 15 is 0 Å². The topological polar surface area (TPSA) is 84.6 Å². The number of aliphatic imine (C=N–C) groups is 1. The van der Waals surface area contributed by atoms with Gasteiger partial charge in [0.1, 0.15) is 11.5 Å². The molecular formula is C21H20F3N5O. The van der Waals surface area contributed by atoms with Gasteiger partial charge in [-0.05, 0) is 54.4 Å². The summed E-state index contributed by atoms with van der Waals surface area (Å²) in [5.41, 5.74) is 3.60. The lowest BCUT2D eigenvalue weighted by molar-refractivity contribution is -0.137. The molecule has 3 aromatic rings. The van der Waals surface area contributed by atoms with Crippen molar-refractivity contribution in [2.75, 3.05) is 5.32 Å². The zero-order valence-electron chi connectivity index (χ0n) is 16.1. The Morgan fingerprint density at radius 2 is 1.87 bits per heavy atom. The number of rotatable bonds is 5. The number of nitrogens with one attached hydrogen (secondary N) is 2. The van der Waals surface area contributed by atoms with Gasteiger partial charge in [-0.3, -0.25) is 10.4 Å². The van der Waals surface area contributed by atoms with E-state index in [9.17, 15) is 13.2 Å². The van der Waals surface area contributed by atoms with Crippen LogP contribution in [0.25, 0.3) is 0 Å². The highest BCUT2D eigenvalue weighted by Gasteiger charge is 2.30. The number of hydrogen-bond acceptors (Lipinski definition) is 4. The predicted molar refractivity (Wildman–Crippen MR) is 109 cm³/mol. The van der Waals surface area contributed by atoms with Crippen molar-refractivity contribution in [3.63, 3.8) is 0 Å². The van der Waals surface area contributed by atoms with Gasteiger partial charge in [0, 0.05) is 18.1 Å². The fourth-order valence-corrected chi connectivity index (χ4v) is 2.59. The fraction of sp³-hybridized carbons (Fsp3) is 0.143. The average molecular weight is 415 g/mol. The number of pyridine rings is 1. The van der Waals surface area contributed by atoms with Crippen molar-refractivity contribution < 1.29 is 17.9 Å². The van der Waals surface area contributed by atoms with Crippen LogP contribution < -0.4 is 21.3 Å². The first-order chi connectivity index (χ1) is 14.3. The fourth-order valence-electron chi connectivity index (χ4n) is 2.59. The maximum atomic E-state index is 12.9. The molecule has 0 unspecified atom stereocenters. The Morgan fingerprint density at radius 3 is 2.57 bits per heavy atom. The minimum atomic E-state index is -4.43. The van der Waals surface area contributed by atoms with Crippen molar-refractivity contribution >= 4 is 11.6 Å². The number of alkyl halides is 3. The van der Waals surface area contributed by atoms with Crippen molar-refractivity contribution in [1.29, 1.82) is 0 Å². The van der Waals surface area contributed by atoms with Gasteiger partial charge in [-0.2, -0.15) is 13.2 Å². The van der Waals surface area contributed by atoms with E-state index in [1.54, 1.807) is 24.5 Å². The Hall–Kier alpha value is -3.59. The van der Waals surface area contributed by atoms with Gasteiger partial charge in [0.25, 0.3) is 0 Å². The number of nitrogens with two attached hydrogens (primary N) is 1. The summed E-state index contributed by atoms with van der Waals surface area (Å²) in [7, 11) is 0. The molecule has 30 heavy (non-hydrogen) atoms. The minimum Gasteiger partial charge on any atom is -0.457 e. The van der Waals surface area contributed by atoms with E-state index in [0.29, 0.717) is 11.5 Å². The predicted octanol–water partition coefficient (Wildman–Crippen LogP) is 4.63. The molecule has 0 spiro atoms. The van der Waals surface area contributed by atoms with Crippen molar-refractivity contribution in [2.24, 2.45) is 10.8 Å². The van der Waals surface area contributed by atoms with Crippen LogP contribution in [0.4, 0.5) is 18.9 Å². The third kappa shape index (κ3) is 5.71. The zero-order chi connectivity index (χ0) is 21.6. The first-order valence-corrected chi connectivity index (χ1v) is 8.98. The number of guanidine groups is 1. The molecule has 3 rings (SSSR count). The average Bonchev–Trinajstić information content (AvgIpc) is 2.73. The third-order valence-corrected chi connectivity index (χ3v) is 4.14. The molecule has 0 fully saturated rings. The Morgan fingerprint density at radius 1 is 1.10 bits per heavy atom. The molecule has 1 heterocycles. The highest BCUT2D eigenvalue weighted by Crippen LogP contribution is 2.30. The van der Waals surface area contributed by atoms with Gasteiger partial charge in [0.15, 0.2) is 0 Å². The van der Waals surface area contributed by atoms with E-state index in [2.05, 4.69) is 20.7 Å². The van der Waals surface area contributed by atoms with Crippen molar-refractivity contribution in [3.05, 3.63) is 83.7 Å². The van der Waals surface area contributed by atoms with Gasteiger partial charge in [-0.25, -0.2) is 10.8 Å². The van der Waals surface area contributed by atoms with E-state index in [4.69, 9.17) is 10.6 Å². The van der Waals surface area contributed by atoms with Gasteiger partial charge >= 0.3 is 6.18 Å². The molecule has 9 heteroatoms. The molecule has 0 aliphatic heterocycles. The minimum absolute atomic E-state index is 0.131. The van der Waals surface area contributed by atoms with Crippen LogP contribution in [0.15, 0.2) is 72.0 Å². The first-order valence-electron chi connectivity index (χ1n) is 8.98. The Bertz CT molecular complexity index is 1020. The molecule has 2 aromatic carbocycles. The third-order valence-electron chi connectivity index (χ3n) is 4.14. The molecule has 0 radical (unpaired) electrons. The molecular weight excluding hydrogens is 395 g/mol. The monoisotopic (exact) mass is 415 g/mol. The number of benzene rings is 2. The summed E-state index contributed by atoms with van der Waals surface area (Å²) in [5, 5.41) is 2.75. The zero-order valence-corrected chi connectivity index (χ0v) is 16.1. The first kappa shape index (κ1) is 21.1. The van der Waals surface area contributed by atoms with E-state index < -0.39 is 11.7 Å². The number of ether oxygens (including phenoxy) is 1. The summed E-state index contributed by atoms with van der Waals surface area (Å²) >= 11 is 0. The number of nitrogens with zero attached hydrogens (tertiary/aromatic N) is 2. The van der Waals surface area contributed by atoms with E-state index in [1.807, 2.05) is 25.1 Å². The summed E-state index contributed by atoms with van der Waals surface area (Å²) in [4.78, 5) is 8.25. The van der Waals surface area contributed by atoms with Crippen LogP contribution in [0.1, 0.15) is 16.7 Å². The molecule has 0 amide bonds. The second-order valence-electron chi connectivity index (χ2n) is 6.40. The highest BCUT2D eigenvalue weighted by molar-refractivity contribution is 5.93. The van der Waals surface area contributed by atoms with Gasteiger partial charge in [-0.15, -0.1) is 0 Å². The Balaban J connectivity index is 1.73. The molecule has 0 saturated carbocycles. The lowest BCUT2D eigenvalue weighted by Crippen LogP contribution is -2.36. The smallest absolute Gasteiger partial charge is 0.416 e. The van der Waals surface area contributed by atoms with Gasteiger partial charge in [0.05, 0.1) is 12.1 Å². The van der Waals surface area contributed by atoms with E-state index in [-0.39, 0.29) is 18.2 Å².